The number of hydrogen-bond acceptors (Lipinski definition) is 2. The predicted molar refractivity (Wildman–Crippen MR) is 51.5 cm³/mol. The van der Waals surface area contributed by atoms with Crippen LogP contribution in [0.2, 0.25) is 0 Å². The summed E-state index contributed by atoms with van der Waals surface area (Å²) in [5, 5.41) is 3.43. The van der Waals surface area contributed by atoms with E-state index in [0.29, 0.717) is 0 Å². The van der Waals surface area contributed by atoms with Crippen LogP contribution in [0.15, 0.2) is 16.8 Å². The van der Waals surface area contributed by atoms with E-state index in [1.165, 1.54) is 43.5 Å². The minimum atomic E-state index is 1.04. The van der Waals surface area contributed by atoms with Crippen LogP contribution in [-0.4, -0.2) is 18.8 Å². The van der Waals surface area contributed by atoms with Crippen LogP contribution in [0, 0.1) is 0 Å². The maximum Gasteiger partial charge on any atom is 0.0396 e. The zero-order chi connectivity index (χ0) is 8.23. The van der Waals surface area contributed by atoms with Crippen molar-refractivity contribution < 1.29 is 0 Å². The van der Waals surface area contributed by atoms with Crippen LogP contribution >= 0.6 is 0 Å². The summed E-state index contributed by atoms with van der Waals surface area (Å²) in [5.41, 5.74) is 2.71. The molecule has 0 aliphatic carbocycles. The zero-order valence-electron chi connectivity index (χ0n) is 7.47. The summed E-state index contributed by atoms with van der Waals surface area (Å²) in [5.74, 6) is 0. The fraction of sp³-hybridized carbons (Fsp3) is 0.700. The number of aliphatic imine (C=N–C) groups is 1. The Kier molecular flexibility index (Phi) is 2.45. The average Bonchev–Trinajstić information content (AvgIpc) is 2.59. The van der Waals surface area contributed by atoms with Gasteiger partial charge < -0.3 is 5.32 Å². The van der Waals surface area contributed by atoms with Gasteiger partial charge >= 0.3 is 0 Å². The van der Waals surface area contributed by atoms with Gasteiger partial charge in [0.25, 0.3) is 0 Å². The van der Waals surface area contributed by atoms with Gasteiger partial charge in [0.2, 0.25) is 0 Å². The lowest BCUT2D eigenvalue weighted by Gasteiger charge is -2.16. The van der Waals surface area contributed by atoms with E-state index in [1.807, 2.05) is 0 Å². The van der Waals surface area contributed by atoms with Gasteiger partial charge in [-0.1, -0.05) is 0 Å². The highest BCUT2D eigenvalue weighted by Gasteiger charge is 2.07. The van der Waals surface area contributed by atoms with E-state index in [4.69, 9.17) is 0 Å². The Hall–Kier alpha value is -0.790. The summed E-state index contributed by atoms with van der Waals surface area (Å²) < 4.78 is 0. The summed E-state index contributed by atoms with van der Waals surface area (Å²) in [6.45, 7) is 2.19. The predicted octanol–water partition coefficient (Wildman–Crippen LogP) is 1.88. The molecule has 0 bridgehead atoms. The third kappa shape index (κ3) is 1.87. The Morgan fingerprint density at radius 3 is 2.83 bits per heavy atom. The van der Waals surface area contributed by atoms with Crippen molar-refractivity contribution in [2.24, 2.45) is 4.99 Å². The monoisotopic (exact) mass is 164 g/mol. The summed E-state index contributed by atoms with van der Waals surface area (Å²) in [6, 6.07) is 0. The minimum Gasteiger partial charge on any atom is -0.388 e. The van der Waals surface area contributed by atoms with Gasteiger partial charge in [0, 0.05) is 24.5 Å². The van der Waals surface area contributed by atoms with Crippen LogP contribution in [0.5, 0.6) is 0 Å². The fourth-order valence-corrected chi connectivity index (χ4v) is 1.78. The Morgan fingerprint density at radius 2 is 2.17 bits per heavy atom. The molecule has 2 nitrogen and oxygen atoms in total. The first-order valence-corrected chi connectivity index (χ1v) is 4.93. The van der Waals surface area contributed by atoms with Crippen molar-refractivity contribution in [3.05, 3.63) is 11.8 Å². The quantitative estimate of drug-likeness (QED) is 0.628. The Morgan fingerprint density at radius 1 is 1.17 bits per heavy atom. The van der Waals surface area contributed by atoms with E-state index >= 15 is 0 Å². The zero-order valence-corrected chi connectivity index (χ0v) is 7.47. The van der Waals surface area contributed by atoms with Crippen LogP contribution in [0.1, 0.15) is 32.1 Å². The molecule has 2 aliphatic rings. The molecule has 0 aromatic rings. The molecule has 0 aromatic carbocycles. The van der Waals surface area contributed by atoms with Gasteiger partial charge in [-0.05, 0) is 38.2 Å². The Bertz CT molecular complexity index is 208. The van der Waals surface area contributed by atoms with Crippen LogP contribution in [0.25, 0.3) is 0 Å². The first kappa shape index (κ1) is 7.84. The van der Waals surface area contributed by atoms with Gasteiger partial charge in [-0.3, -0.25) is 4.99 Å². The van der Waals surface area contributed by atoms with E-state index < -0.39 is 0 Å². The maximum atomic E-state index is 4.43. The van der Waals surface area contributed by atoms with Gasteiger partial charge in [0.15, 0.2) is 0 Å². The second-order valence-electron chi connectivity index (χ2n) is 3.53. The van der Waals surface area contributed by atoms with Gasteiger partial charge in [-0.25, -0.2) is 0 Å². The molecule has 0 spiro atoms. The number of hydrogen-bond donors (Lipinski definition) is 1. The summed E-state index contributed by atoms with van der Waals surface area (Å²) in [7, 11) is 0. The van der Waals surface area contributed by atoms with Crippen LogP contribution < -0.4 is 5.32 Å². The molecule has 1 N–H and O–H groups in total. The van der Waals surface area contributed by atoms with Crippen molar-refractivity contribution in [2.75, 3.05) is 13.1 Å². The van der Waals surface area contributed by atoms with E-state index in [0.717, 1.165) is 13.1 Å². The average molecular weight is 164 g/mol. The molecule has 0 radical (unpaired) electrons. The Labute approximate surface area is 73.8 Å². The minimum absolute atomic E-state index is 1.04. The summed E-state index contributed by atoms with van der Waals surface area (Å²) in [4.78, 5) is 4.43. The molecule has 2 aliphatic heterocycles. The normalized spacial score (nSPS) is 27.0. The van der Waals surface area contributed by atoms with Crippen molar-refractivity contribution in [3.63, 3.8) is 0 Å². The third-order valence-electron chi connectivity index (χ3n) is 2.47. The summed E-state index contributed by atoms with van der Waals surface area (Å²) in [6.07, 6.45) is 8.57. The van der Waals surface area contributed by atoms with Gasteiger partial charge in [0.05, 0.1) is 0 Å². The first-order chi connectivity index (χ1) is 5.95. The Balaban J connectivity index is 1.96. The van der Waals surface area contributed by atoms with Crippen molar-refractivity contribution in [3.8, 4) is 0 Å². The van der Waals surface area contributed by atoms with Gasteiger partial charge in [0.1, 0.15) is 0 Å². The lowest BCUT2D eigenvalue weighted by molar-refractivity contribution is 0.588. The SMILES string of the molecule is C(=C1CCCCN1)C1=NCCC1. The van der Waals surface area contributed by atoms with E-state index in [1.54, 1.807) is 0 Å². The molecule has 1 saturated heterocycles. The van der Waals surface area contributed by atoms with Crippen LogP contribution in [0.4, 0.5) is 0 Å². The van der Waals surface area contributed by atoms with Crippen molar-refractivity contribution in [1.82, 2.24) is 5.32 Å². The fourth-order valence-electron chi connectivity index (χ4n) is 1.78. The topological polar surface area (TPSA) is 24.4 Å². The number of nitrogens with zero attached hydrogens (tertiary/aromatic N) is 1. The van der Waals surface area contributed by atoms with Crippen LogP contribution in [0.3, 0.4) is 0 Å². The molecule has 0 amide bonds. The number of allylic oxidation sites excluding steroid dienone is 2. The molecule has 66 valence electrons. The highest BCUT2D eigenvalue weighted by molar-refractivity contribution is 5.96. The molecule has 2 heteroatoms. The molecule has 0 unspecified atom stereocenters. The highest BCUT2D eigenvalue weighted by Crippen LogP contribution is 2.13. The van der Waals surface area contributed by atoms with Crippen molar-refractivity contribution >= 4 is 5.71 Å². The van der Waals surface area contributed by atoms with E-state index in [9.17, 15) is 0 Å². The lowest BCUT2D eigenvalue weighted by atomic mass is 10.1. The number of rotatable bonds is 1. The van der Waals surface area contributed by atoms with Crippen molar-refractivity contribution in [2.45, 2.75) is 32.1 Å². The molecule has 1 fully saturated rings. The molecule has 0 atom stereocenters. The van der Waals surface area contributed by atoms with Gasteiger partial charge in [-0.15, -0.1) is 0 Å². The first-order valence-electron chi connectivity index (χ1n) is 4.93. The van der Waals surface area contributed by atoms with Crippen molar-refractivity contribution in [1.29, 1.82) is 0 Å². The molecule has 2 rings (SSSR count). The van der Waals surface area contributed by atoms with Crippen LogP contribution in [-0.2, 0) is 0 Å². The summed E-state index contributed by atoms with van der Waals surface area (Å²) >= 11 is 0. The lowest BCUT2D eigenvalue weighted by Crippen LogP contribution is -2.20. The van der Waals surface area contributed by atoms with E-state index in [2.05, 4.69) is 16.4 Å². The molecule has 2 heterocycles. The number of piperidine rings is 1. The standard InChI is InChI=1S/C10H16N2/c1-2-6-11-9(4-1)8-10-5-3-7-12-10/h8,11H,1-7H2. The second-order valence-corrected chi connectivity index (χ2v) is 3.53. The largest absolute Gasteiger partial charge is 0.388 e. The maximum absolute atomic E-state index is 4.43. The molecular formula is C10H16N2. The molecular weight excluding hydrogens is 148 g/mol. The molecule has 0 saturated carbocycles. The van der Waals surface area contributed by atoms with Gasteiger partial charge in [-0.2, -0.15) is 0 Å². The third-order valence-corrected chi connectivity index (χ3v) is 2.47. The smallest absolute Gasteiger partial charge is 0.0396 e. The molecule has 12 heavy (non-hydrogen) atoms. The molecule has 0 aromatic heterocycles. The second kappa shape index (κ2) is 3.74. The van der Waals surface area contributed by atoms with E-state index in [-0.39, 0.29) is 0 Å². The highest BCUT2D eigenvalue weighted by atomic mass is 14.9. The number of nitrogens with one attached hydrogen (secondary N) is 1.